The molecule has 0 amide bonds. The molecule has 0 bridgehead atoms. The van der Waals surface area contributed by atoms with E-state index in [1.54, 1.807) is 0 Å². The van der Waals surface area contributed by atoms with Crippen LogP contribution in [0.5, 0.6) is 0 Å². The molecule has 72 valence electrons. The lowest BCUT2D eigenvalue weighted by atomic mass is 9.98. The standard InChI is InChI=1S/C9H20N2S/c1-10-5-3-4-9(6-10)7-11(2)8-12/h9,12H,3-8H2,1-2H3. The van der Waals surface area contributed by atoms with Gasteiger partial charge >= 0.3 is 0 Å². The van der Waals surface area contributed by atoms with Gasteiger partial charge in [0.1, 0.15) is 0 Å². The summed E-state index contributed by atoms with van der Waals surface area (Å²) in [5, 5.41) is 0. The van der Waals surface area contributed by atoms with Crippen LogP contribution in [0.4, 0.5) is 0 Å². The first-order valence-corrected chi connectivity index (χ1v) is 5.33. The molecule has 0 aromatic heterocycles. The molecule has 0 spiro atoms. The van der Waals surface area contributed by atoms with Crippen LogP contribution in [0.2, 0.25) is 0 Å². The molecular weight excluding hydrogens is 168 g/mol. The van der Waals surface area contributed by atoms with Crippen LogP contribution in [0.25, 0.3) is 0 Å². The third kappa shape index (κ3) is 3.33. The predicted octanol–water partition coefficient (Wildman–Crippen LogP) is 1.15. The van der Waals surface area contributed by atoms with Gasteiger partial charge < -0.3 is 4.90 Å². The first-order valence-electron chi connectivity index (χ1n) is 4.70. The smallest absolute Gasteiger partial charge is 0.0411 e. The van der Waals surface area contributed by atoms with Crippen molar-refractivity contribution in [2.75, 3.05) is 39.6 Å². The highest BCUT2D eigenvalue weighted by atomic mass is 32.1. The van der Waals surface area contributed by atoms with Gasteiger partial charge in [-0.05, 0) is 39.4 Å². The van der Waals surface area contributed by atoms with Crippen molar-refractivity contribution in [2.45, 2.75) is 12.8 Å². The summed E-state index contributed by atoms with van der Waals surface area (Å²) in [5.41, 5.74) is 0. The second-order valence-electron chi connectivity index (χ2n) is 3.95. The van der Waals surface area contributed by atoms with Gasteiger partial charge in [0.2, 0.25) is 0 Å². The molecule has 1 aliphatic heterocycles. The van der Waals surface area contributed by atoms with E-state index < -0.39 is 0 Å². The second-order valence-corrected chi connectivity index (χ2v) is 4.23. The van der Waals surface area contributed by atoms with E-state index in [4.69, 9.17) is 0 Å². The summed E-state index contributed by atoms with van der Waals surface area (Å²) < 4.78 is 0. The minimum absolute atomic E-state index is 0.862. The molecule has 2 nitrogen and oxygen atoms in total. The average Bonchev–Trinajstić information content (AvgIpc) is 2.04. The molecule has 1 rings (SSSR count). The van der Waals surface area contributed by atoms with Gasteiger partial charge in [-0.1, -0.05) is 0 Å². The Labute approximate surface area is 81.3 Å². The summed E-state index contributed by atoms with van der Waals surface area (Å²) in [6.07, 6.45) is 2.75. The van der Waals surface area contributed by atoms with Gasteiger partial charge in [0, 0.05) is 19.0 Å². The third-order valence-electron chi connectivity index (χ3n) is 2.53. The maximum Gasteiger partial charge on any atom is 0.0411 e. The normalized spacial score (nSPS) is 26.5. The predicted molar refractivity (Wildman–Crippen MR) is 56.7 cm³/mol. The molecule has 0 aliphatic carbocycles. The summed E-state index contributed by atoms with van der Waals surface area (Å²) in [7, 11) is 4.36. The lowest BCUT2D eigenvalue weighted by Crippen LogP contribution is -2.37. The first kappa shape index (κ1) is 10.4. The summed E-state index contributed by atoms with van der Waals surface area (Å²) in [6.45, 7) is 3.74. The quantitative estimate of drug-likeness (QED) is 0.524. The number of thiol groups is 1. The van der Waals surface area contributed by atoms with Crippen LogP contribution >= 0.6 is 12.6 Å². The fourth-order valence-corrected chi connectivity index (χ4v) is 2.04. The van der Waals surface area contributed by atoms with E-state index in [-0.39, 0.29) is 0 Å². The van der Waals surface area contributed by atoms with E-state index in [1.807, 2.05) is 0 Å². The van der Waals surface area contributed by atoms with Crippen molar-refractivity contribution in [3.05, 3.63) is 0 Å². The Morgan fingerprint density at radius 2 is 2.33 bits per heavy atom. The van der Waals surface area contributed by atoms with Gasteiger partial charge in [0.15, 0.2) is 0 Å². The minimum Gasteiger partial charge on any atom is -0.306 e. The fourth-order valence-electron chi connectivity index (χ4n) is 1.92. The van der Waals surface area contributed by atoms with Crippen LogP contribution in [0.3, 0.4) is 0 Å². The van der Waals surface area contributed by atoms with E-state index in [0.29, 0.717) is 0 Å². The van der Waals surface area contributed by atoms with E-state index in [1.165, 1.54) is 32.5 Å². The van der Waals surface area contributed by atoms with Crippen molar-refractivity contribution in [3.63, 3.8) is 0 Å². The van der Waals surface area contributed by atoms with Gasteiger partial charge in [0.25, 0.3) is 0 Å². The van der Waals surface area contributed by atoms with Crippen molar-refractivity contribution in [1.29, 1.82) is 0 Å². The molecule has 1 atom stereocenters. The Balaban J connectivity index is 2.22. The lowest BCUT2D eigenvalue weighted by Gasteiger charge is -2.31. The molecule has 1 unspecified atom stereocenters. The van der Waals surface area contributed by atoms with Gasteiger partial charge in [-0.25, -0.2) is 0 Å². The van der Waals surface area contributed by atoms with E-state index in [9.17, 15) is 0 Å². The molecule has 1 saturated heterocycles. The number of nitrogens with zero attached hydrogens (tertiary/aromatic N) is 2. The van der Waals surface area contributed by atoms with Crippen LogP contribution in [0, 0.1) is 5.92 Å². The maximum absolute atomic E-state index is 4.25. The zero-order chi connectivity index (χ0) is 8.97. The summed E-state index contributed by atoms with van der Waals surface area (Å²) >= 11 is 4.25. The second kappa shape index (κ2) is 5.10. The molecule has 1 aliphatic rings. The fraction of sp³-hybridized carbons (Fsp3) is 1.00. The molecule has 0 radical (unpaired) electrons. The Kier molecular flexibility index (Phi) is 4.40. The third-order valence-corrected chi connectivity index (χ3v) is 3.02. The zero-order valence-electron chi connectivity index (χ0n) is 8.16. The Morgan fingerprint density at radius 1 is 1.58 bits per heavy atom. The minimum atomic E-state index is 0.862. The molecule has 0 aromatic rings. The molecule has 12 heavy (non-hydrogen) atoms. The Hall–Kier alpha value is 0.270. The van der Waals surface area contributed by atoms with E-state index >= 15 is 0 Å². The monoisotopic (exact) mass is 188 g/mol. The zero-order valence-corrected chi connectivity index (χ0v) is 9.06. The lowest BCUT2D eigenvalue weighted by molar-refractivity contribution is 0.176. The van der Waals surface area contributed by atoms with Crippen LogP contribution in [0.15, 0.2) is 0 Å². The van der Waals surface area contributed by atoms with Gasteiger partial charge in [-0.3, -0.25) is 4.90 Å². The van der Waals surface area contributed by atoms with Crippen LogP contribution < -0.4 is 0 Å². The molecule has 3 heteroatoms. The summed E-state index contributed by atoms with van der Waals surface area (Å²) in [6, 6.07) is 0. The van der Waals surface area contributed by atoms with E-state index in [0.717, 1.165) is 11.8 Å². The van der Waals surface area contributed by atoms with Gasteiger partial charge in [0.05, 0.1) is 0 Å². The van der Waals surface area contributed by atoms with E-state index in [2.05, 4.69) is 36.5 Å². The maximum atomic E-state index is 4.25. The average molecular weight is 188 g/mol. The molecular formula is C9H20N2S. The van der Waals surface area contributed by atoms with Crippen molar-refractivity contribution in [2.24, 2.45) is 5.92 Å². The molecule has 0 saturated carbocycles. The highest BCUT2D eigenvalue weighted by Crippen LogP contribution is 2.15. The van der Waals surface area contributed by atoms with Gasteiger partial charge in [-0.15, -0.1) is 0 Å². The Bertz CT molecular complexity index is 130. The van der Waals surface area contributed by atoms with Crippen LogP contribution in [-0.4, -0.2) is 49.4 Å². The van der Waals surface area contributed by atoms with Crippen LogP contribution in [-0.2, 0) is 0 Å². The highest BCUT2D eigenvalue weighted by Gasteiger charge is 2.17. The molecule has 0 aromatic carbocycles. The van der Waals surface area contributed by atoms with Crippen molar-refractivity contribution >= 4 is 12.6 Å². The van der Waals surface area contributed by atoms with Crippen molar-refractivity contribution in [1.82, 2.24) is 9.80 Å². The van der Waals surface area contributed by atoms with Crippen molar-refractivity contribution < 1.29 is 0 Å². The molecule has 0 N–H and O–H groups in total. The van der Waals surface area contributed by atoms with Gasteiger partial charge in [-0.2, -0.15) is 12.6 Å². The first-order chi connectivity index (χ1) is 5.72. The summed E-state index contributed by atoms with van der Waals surface area (Å²) in [4.78, 5) is 4.72. The number of piperidine rings is 1. The van der Waals surface area contributed by atoms with Crippen LogP contribution in [0.1, 0.15) is 12.8 Å². The number of likely N-dealkylation sites (tertiary alicyclic amines) is 1. The highest BCUT2D eigenvalue weighted by molar-refractivity contribution is 7.80. The number of hydrogen-bond donors (Lipinski definition) is 1. The Morgan fingerprint density at radius 3 is 2.92 bits per heavy atom. The topological polar surface area (TPSA) is 6.48 Å². The number of rotatable bonds is 3. The number of hydrogen-bond acceptors (Lipinski definition) is 3. The largest absolute Gasteiger partial charge is 0.306 e. The molecule has 1 heterocycles. The molecule has 1 fully saturated rings. The van der Waals surface area contributed by atoms with Crippen molar-refractivity contribution in [3.8, 4) is 0 Å². The SMILES string of the molecule is CN(CS)CC1CCCN(C)C1. The summed E-state index contributed by atoms with van der Waals surface area (Å²) in [5.74, 6) is 1.74.